The number of esters is 1. The first-order chi connectivity index (χ1) is 8.08. The summed E-state index contributed by atoms with van der Waals surface area (Å²) in [5, 5.41) is 13.1. The maximum absolute atomic E-state index is 11.3. The molecule has 0 aromatic rings. The topological polar surface area (TPSA) is 67.8 Å². The van der Waals surface area contributed by atoms with E-state index in [1.807, 2.05) is 13.8 Å². The first-order valence-corrected chi connectivity index (χ1v) is 6.29. The van der Waals surface area contributed by atoms with Crippen LogP contribution >= 0.6 is 0 Å². The van der Waals surface area contributed by atoms with Gasteiger partial charge in [-0.3, -0.25) is 4.79 Å². The molecule has 1 aliphatic heterocycles. The number of carbonyl (C=O) groups is 1. The van der Waals surface area contributed by atoms with Crippen LogP contribution in [0.3, 0.4) is 0 Å². The predicted octanol–water partition coefficient (Wildman–Crippen LogP) is 0.459. The normalized spacial score (nSPS) is 28.3. The molecule has 0 aromatic heterocycles. The highest BCUT2D eigenvalue weighted by molar-refractivity contribution is 5.71. The lowest BCUT2D eigenvalue weighted by Crippen LogP contribution is -2.47. The van der Waals surface area contributed by atoms with E-state index < -0.39 is 5.60 Å². The second-order valence-corrected chi connectivity index (χ2v) is 4.54. The van der Waals surface area contributed by atoms with Gasteiger partial charge in [-0.1, -0.05) is 13.3 Å². The molecular formula is C12H23NO4. The second-order valence-electron chi connectivity index (χ2n) is 4.54. The summed E-state index contributed by atoms with van der Waals surface area (Å²) in [6.07, 6.45) is 2.31. The molecule has 1 fully saturated rings. The van der Waals surface area contributed by atoms with E-state index in [4.69, 9.17) is 9.47 Å². The van der Waals surface area contributed by atoms with Crippen molar-refractivity contribution >= 4 is 5.97 Å². The average Bonchev–Trinajstić information content (AvgIpc) is 2.60. The molecule has 2 unspecified atom stereocenters. The van der Waals surface area contributed by atoms with Crippen LogP contribution in [0.15, 0.2) is 0 Å². The van der Waals surface area contributed by atoms with Crippen molar-refractivity contribution in [2.45, 2.75) is 44.8 Å². The Bertz CT molecular complexity index is 247. The van der Waals surface area contributed by atoms with Gasteiger partial charge in [0.2, 0.25) is 0 Å². The zero-order valence-corrected chi connectivity index (χ0v) is 10.7. The second kappa shape index (κ2) is 6.93. The van der Waals surface area contributed by atoms with E-state index in [1.165, 1.54) is 0 Å². The third-order valence-corrected chi connectivity index (χ3v) is 3.12. The van der Waals surface area contributed by atoms with E-state index in [-0.39, 0.29) is 18.6 Å². The van der Waals surface area contributed by atoms with Crippen LogP contribution in [0.5, 0.6) is 0 Å². The maximum atomic E-state index is 11.3. The van der Waals surface area contributed by atoms with E-state index in [0.29, 0.717) is 26.2 Å². The minimum absolute atomic E-state index is 0.138. The van der Waals surface area contributed by atoms with Crippen molar-refractivity contribution in [2.75, 3.05) is 26.3 Å². The molecule has 2 N–H and O–H groups in total. The van der Waals surface area contributed by atoms with Crippen LogP contribution in [0, 0.1) is 0 Å². The Morgan fingerprint density at radius 2 is 2.41 bits per heavy atom. The predicted molar refractivity (Wildman–Crippen MR) is 63.7 cm³/mol. The minimum Gasteiger partial charge on any atom is -0.465 e. The van der Waals surface area contributed by atoms with Crippen molar-refractivity contribution in [2.24, 2.45) is 0 Å². The lowest BCUT2D eigenvalue weighted by molar-refractivity contribution is -0.142. The number of hydrogen-bond donors (Lipinski definition) is 2. The smallest absolute Gasteiger partial charge is 0.319 e. The maximum Gasteiger partial charge on any atom is 0.319 e. The molecule has 1 rings (SSSR count). The zero-order chi connectivity index (χ0) is 12.7. The van der Waals surface area contributed by atoms with Gasteiger partial charge in [-0.05, 0) is 13.3 Å². The van der Waals surface area contributed by atoms with Gasteiger partial charge in [-0.2, -0.15) is 0 Å². The number of unbranched alkanes of at least 4 members (excludes halogenated alkanes) is 1. The van der Waals surface area contributed by atoms with E-state index in [9.17, 15) is 9.90 Å². The van der Waals surface area contributed by atoms with Crippen molar-refractivity contribution < 1.29 is 19.4 Å². The molecule has 1 saturated heterocycles. The van der Waals surface area contributed by atoms with E-state index in [1.54, 1.807) is 0 Å². The van der Waals surface area contributed by atoms with Gasteiger partial charge >= 0.3 is 5.97 Å². The van der Waals surface area contributed by atoms with Gasteiger partial charge in [0.05, 0.1) is 19.3 Å². The summed E-state index contributed by atoms with van der Waals surface area (Å²) in [6.45, 7) is 5.42. The number of nitrogens with one attached hydrogen (secondary N) is 1. The van der Waals surface area contributed by atoms with E-state index in [0.717, 1.165) is 12.8 Å². The molecule has 0 saturated carbocycles. The van der Waals surface area contributed by atoms with Crippen LogP contribution in [0.25, 0.3) is 0 Å². The van der Waals surface area contributed by atoms with Crippen LogP contribution in [-0.4, -0.2) is 49.1 Å². The number of aliphatic hydroxyl groups is 1. The molecule has 0 spiro atoms. The highest BCUT2D eigenvalue weighted by Gasteiger charge is 2.39. The van der Waals surface area contributed by atoms with Crippen LogP contribution in [-0.2, 0) is 14.3 Å². The lowest BCUT2D eigenvalue weighted by atomic mass is 9.97. The highest BCUT2D eigenvalue weighted by Crippen LogP contribution is 2.24. The first kappa shape index (κ1) is 14.4. The van der Waals surface area contributed by atoms with Gasteiger partial charge in [-0.25, -0.2) is 0 Å². The van der Waals surface area contributed by atoms with Gasteiger partial charge < -0.3 is 19.9 Å². The minimum atomic E-state index is -0.857. The summed E-state index contributed by atoms with van der Waals surface area (Å²) in [4.78, 5) is 11.3. The Balaban J connectivity index is 2.12. The summed E-state index contributed by atoms with van der Waals surface area (Å²) < 4.78 is 10.3. The van der Waals surface area contributed by atoms with Crippen molar-refractivity contribution in [3.63, 3.8) is 0 Å². The van der Waals surface area contributed by atoms with Crippen molar-refractivity contribution in [1.82, 2.24) is 5.32 Å². The van der Waals surface area contributed by atoms with Crippen molar-refractivity contribution in [3.8, 4) is 0 Å². The third kappa shape index (κ3) is 4.61. The van der Waals surface area contributed by atoms with E-state index >= 15 is 0 Å². The molecule has 5 heteroatoms. The van der Waals surface area contributed by atoms with Crippen LogP contribution in [0.4, 0.5) is 0 Å². The van der Waals surface area contributed by atoms with Gasteiger partial charge in [-0.15, -0.1) is 0 Å². The summed E-state index contributed by atoms with van der Waals surface area (Å²) in [7, 11) is 0. The SMILES string of the molecule is CCCCOC(=O)CNCC1(O)CCOC1C. The molecule has 2 atom stereocenters. The van der Waals surface area contributed by atoms with Crippen molar-refractivity contribution in [3.05, 3.63) is 0 Å². The molecular weight excluding hydrogens is 222 g/mol. The molecule has 0 aromatic carbocycles. The molecule has 0 amide bonds. The Morgan fingerprint density at radius 1 is 1.65 bits per heavy atom. The van der Waals surface area contributed by atoms with E-state index in [2.05, 4.69) is 5.32 Å². The number of hydrogen-bond acceptors (Lipinski definition) is 5. The van der Waals surface area contributed by atoms with Crippen molar-refractivity contribution in [1.29, 1.82) is 0 Å². The molecule has 17 heavy (non-hydrogen) atoms. The first-order valence-electron chi connectivity index (χ1n) is 6.29. The number of rotatable bonds is 7. The van der Waals surface area contributed by atoms with Crippen LogP contribution in [0.2, 0.25) is 0 Å². The Hall–Kier alpha value is -0.650. The monoisotopic (exact) mass is 245 g/mol. The zero-order valence-electron chi connectivity index (χ0n) is 10.7. The highest BCUT2D eigenvalue weighted by atomic mass is 16.5. The molecule has 0 radical (unpaired) electrons. The van der Waals surface area contributed by atoms with Gasteiger partial charge in [0.1, 0.15) is 5.60 Å². The van der Waals surface area contributed by atoms with Gasteiger partial charge in [0.15, 0.2) is 0 Å². The van der Waals surface area contributed by atoms with Crippen LogP contribution < -0.4 is 5.32 Å². The fourth-order valence-corrected chi connectivity index (χ4v) is 1.77. The Morgan fingerprint density at radius 3 is 3.00 bits per heavy atom. The average molecular weight is 245 g/mol. The molecule has 5 nitrogen and oxygen atoms in total. The Kier molecular flexibility index (Phi) is 5.88. The molecule has 0 aliphatic carbocycles. The molecule has 100 valence electrons. The summed E-state index contributed by atoms with van der Waals surface area (Å²) in [5.74, 6) is -0.270. The standard InChI is InChI=1S/C12H23NO4/c1-3-4-6-17-11(14)8-13-9-12(15)5-7-16-10(12)2/h10,13,15H,3-9H2,1-2H3. The molecule has 1 aliphatic rings. The van der Waals surface area contributed by atoms with Gasteiger partial charge in [0.25, 0.3) is 0 Å². The van der Waals surface area contributed by atoms with Gasteiger partial charge in [0, 0.05) is 19.6 Å². The summed E-state index contributed by atoms with van der Waals surface area (Å²) in [5.41, 5.74) is -0.857. The molecule has 1 heterocycles. The molecule has 0 bridgehead atoms. The summed E-state index contributed by atoms with van der Waals surface area (Å²) >= 11 is 0. The van der Waals surface area contributed by atoms with Crippen LogP contribution in [0.1, 0.15) is 33.1 Å². The summed E-state index contributed by atoms with van der Waals surface area (Å²) in [6, 6.07) is 0. The largest absolute Gasteiger partial charge is 0.465 e. The number of carbonyl (C=O) groups excluding carboxylic acids is 1. The Labute approximate surface area is 102 Å². The fraction of sp³-hybridized carbons (Fsp3) is 0.917. The fourth-order valence-electron chi connectivity index (χ4n) is 1.77. The number of ether oxygens (including phenoxy) is 2. The third-order valence-electron chi connectivity index (χ3n) is 3.12. The lowest BCUT2D eigenvalue weighted by Gasteiger charge is -2.25. The quantitative estimate of drug-likeness (QED) is 0.504.